The highest BCUT2D eigenvalue weighted by Gasteiger charge is 2.53. The lowest BCUT2D eigenvalue weighted by Gasteiger charge is -2.58. The lowest BCUT2D eigenvalue weighted by Crippen LogP contribution is -2.72. The van der Waals surface area contributed by atoms with E-state index in [2.05, 4.69) is 0 Å². The Bertz CT molecular complexity index is 324. The summed E-state index contributed by atoms with van der Waals surface area (Å²) >= 11 is 0. The lowest BCUT2D eigenvalue weighted by molar-refractivity contribution is -0.138. The summed E-state index contributed by atoms with van der Waals surface area (Å²) in [6.07, 6.45) is 2.03. The highest BCUT2D eigenvalue weighted by molar-refractivity contribution is 7.88. The Labute approximate surface area is 77.4 Å². The van der Waals surface area contributed by atoms with Gasteiger partial charge in [0.25, 0.3) is 0 Å². The van der Waals surface area contributed by atoms with Gasteiger partial charge in [-0.3, -0.25) is 4.79 Å². The standard InChI is InChI=1S/C7H12N2O3S/c1-13(11,12)9-4-7(5-9)2-8(3-7)6-10/h6H,2-5H2,1H3. The molecule has 0 unspecified atom stereocenters. The third kappa shape index (κ3) is 1.34. The molecule has 0 atom stereocenters. The van der Waals surface area contributed by atoms with Crippen molar-refractivity contribution in [2.45, 2.75) is 0 Å². The zero-order valence-corrected chi connectivity index (χ0v) is 8.25. The molecule has 2 heterocycles. The molecule has 0 aromatic carbocycles. The van der Waals surface area contributed by atoms with Crippen LogP contribution in [0.15, 0.2) is 0 Å². The molecule has 2 rings (SSSR count). The minimum absolute atomic E-state index is 0.0873. The molecule has 1 amide bonds. The van der Waals surface area contributed by atoms with Crippen molar-refractivity contribution in [3.63, 3.8) is 0 Å². The van der Waals surface area contributed by atoms with Crippen LogP contribution in [-0.2, 0) is 14.8 Å². The molecule has 0 bridgehead atoms. The van der Waals surface area contributed by atoms with E-state index in [4.69, 9.17) is 0 Å². The van der Waals surface area contributed by atoms with E-state index in [9.17, 15) is 13.2 Å². The molecule has 1 spiro atoms. The molecule has 0 saturated carbocycles. The molecule has 13 heavy (non-hydrogen) atoms. The fourth-order valence-corrected chi connectivity index (χ4v) is 3.04. The minimum Gasteiger partial charge on any atom is -0.344 e. The molecule has 2 aliphatic rings. The van der Waals surface area contributed by atoms with Crippen molar-refractivity contribution in [3.8, 4) is 0 Å². The molecule has 2 fully saturated rings. The van der Waals surface area contributed by atoms with Crippen LogP contribution in [0.1, 0.15) is 0 Å². The Balaban J connectivity index is 1.90. The summed E-state index contributed by atoms with van der Waals surface area (Å²) in [5, 5.41) is 0. The van der Waals surface area contributed by atoms with Crippen LogP contribution in [0.3, 0.4) is 0 Å². The normalized spacial score (nSPS) is 26.7. The van der Waals surface area contributed by atoms with Gasteiger partial charge in [-0.15, -0.1) is 0 Å². The van der Waals surface area contributed by atoms with Crippen LogP contribution in [0.4, 0.5) is 0 Å². The number of rotatable bonds is 2. The van der Waals surface area contributed by atoms with Crippen molar-refractivity contribution in [2.75, 3.05) is 32.4 Å². The summed E-state index contributed by atoms with van der Waals surface area (Å²) in [7, 11) is -3.01. The summed E-state index contributed by atoms with van der Waals surface area (Å²) in [6, 6.07) is 0. The average Bonchev–Trinajstić information content (AvgIpc) is 1.78. The van der Waals surface area contributed by atoms with Crippen LogP contribution in [0, 0.1) is 5.41 Å². The third-order valence-electron chi connectivity index (χ3n) is 2.72. The minimum atomic E-state index is -3.01. The first-order valence-electron chi connectivity index (χ1n) is 4.10. The van der Waals surface area contributed by atoms with E-state index < -0.39 is 10.0 Å². The number of carbonyl (C=O) groups is 1. The maximum absolute atomic E-state index is 11.0. The lowest BCUT2D eigenvalue weighted by atomic mass is 9.75. The van der Waals surface area contributed by atoms with Crippen LogP contribution in [0.5, 0.6) is 0 Å². The van der Waals surface area contributed by atoms with Gasteiger partial charge in [0.05, 0.1) is 6.26 Å². The molecule has 5 nitrogen and oxygen atoms in total. The van der Waals surface area contributed by atoms with Gasteiger partial charge in [0, 0.05) is 31.6 Å². The average molecular weight is 204 g/mol. The van der Waals surface area contributed by atoms with Crippen LogP contribution in [-0.4, -0.2) is 56.5 Å². The van der Waals surface area contributed by atoms with E-state index >= 15 is 0 Å². The van der Waals surface area contributed by atoms with Gasteiger partial charge in [0.15, 0.2) is 0 Å². The van der Waals surface area contributed by atoms with Crippen LogP contribution in [0.25, 0.3) is 0 Å². The zero-order chi connectivity index (χ0) is 9.69. The first-order chi connectivity index (χ1) is 5.95. The first-order valence-corrected chi connectivity index (χ1v) is 5.95. The summed E-state index contributed by atoms with van der Waals surface area (Å²) in [5.74, 6) is 0. The van der Waals surface area contributed by atoms with Gasteiger partial charge < -0.3 is 4.90 Å². The number of nitrogens with zero attached hydrogens (tertiary/aromatic N) is 2. The van der Waals surface area contributed by atoms with Crippen LogP contribution in [0.2, 0.25) is 0 Å². The first kappa shape index (κ1) is 8.96. The van der Waals surface area contributed by atoms with E-state index in [-0.39, 0.29) is 5.41 Å². The summed E-state index contributed by atoms with van der Waals surface area (Å²) in [6.45, 7) is 2.58. The Morgan fingerprint density at radius 1 is 1.23 bits per heavy atom. The Hall–Kier alpha value is -0.620. The second-order valence-electron chi connectivity index (χ2n) is 4.04. The Morgan fingerprint density at radius 3 is 2.15 bits per heavy atom. The fourth-order valence-electron chi connectivity index (χ4n) is 2.03. The molecular formula is C7H12N2O3S. The smallest absolute Gasteiger partial charge is 0.211 e. The quantitative estimate of drug-likeness (QED) is 0.526. The molecule has 74 valence electrons. The van der Waals surface area contributed by atoms with Crippen molar-refractivity contribution < 1.29 is 13.2 Å². The number of hydrogen-bond donors (Lipinski definition) is 0. The number of hydrogen-bond acceptors (Lipinski definition) is 3. The van der Waals surface area contributed by atoms with E-state index in [0.29, 0.717) is 26.2 Å². The van der Waals surface area contributed by atoms with Crippen LogP contribution >= 0.6 is 0 Å². The molecule has 0 aromatic heterocycles. The molecular weight excluding hydrogens is 192 g/mol. The number of amides is 1. The highest BCUT2D eigenvalue weighted by Crippen LogP contribution is 2.39. The predicted octanol–water partition coefficient (Wildman–Crippen LogP) is -1.28. The molecule has 0 aliphatic carbocycles. The Kier molecular flexibility index (Phi) is 1.69. The number of carbonyl (C=O) groups excluding carboxylic acids is 1. The summed E-state index contributed by atoms with van der Waals surface area (Å²) < 4.78 is 23.5. The van der Waals surface area contributed by atoms with Gasteiger partial charge in [-0.1, -0.05) is 0 Å². The van der Waals surface area contributed by atoms with Crippen molar-refractivity contribution in [1.82, 2.24) is 9.21 Å². The second-order valence-corrected chi connectivity index (χ2v) is 6.02. The van der Waals surface area contributed by atoms with Gasteiger partial charge in [-0.05, 0) is 0 Å². The molecule has 0 radical (unpaired) electrons. The van der Waals surface area contributed by atoms with Gasteiger partial charge in [-0.25, -0.2) is 12.7 Å². The molecule has 2 saturated heterocycles. The molecule has 2 aliphatic heterocycles. The van der Waals surface area contributed by atoms with Crippen LogP contribution < -0.4 is 0 Å². The van der Waals surface area contributed by atoms with E-state index in [0.717, 1.165) is 6.41 Å². The number of sulfonamides is 1. The van der Waals surface area contributed by atoms with Crippen molar-refractivity contribution in [1.29, 1.82) is 0 Å². The van der Waals surface area contributed by atoms with E-state index in [1.54, 1.807) is 4.90 Å². The number of likely N-dealkylation sites (tertiary alicyclic amines) is 1. The molecule has 6 heteroatoms. The van der Waals surface area contributed by atoms with Gasteiger partial charge in [0.2, 0.25) is 16.4 Å². The maximum atomic E-state index is 11.0. The monoisotopic (exact) mass is 204 g/mol. The summed E-state index contributed by atoms with van der Waals surface area (Å²) in [5.41, 5.74) is 0.0873. The van der Waals surface area contributed by atoms with E-state index in [1.807, 2.05) is 0 Å². The molecule has 0 aromatic rings. The van der Waals surface area contributed by atoms with Crippen molar-refractivity contribution >= 4 is 16.4 Å². The Morgan fingerprint density at radius 2 is 1.77 bits per heavy atom. The van der Waals surface area contributed by atoms with E-state index in [1.165, 1.54) is 10.6 Å². The van der Waals surface area contributed by atoms with Gasteiger partial charge in [-0.2, -0.15) is 0 Å². The highest BCUT2D eigenvalue weighted by atomic mass is 32.2. The topological polar surface area (TPSA) is 57.7 Å². The maximum Gasteiger partial charge on any atom is 0.211 e. The SMILES string of the molecule is CS(=O)(=O)N1CC2(CN(C=O)C2)C1. The zero-order valence-electron chi connectivity index (χ0n) is 7.43. The molecule has 0 N–H and O–H groups in total. The summed E-state index contributed by atoms with van der Waals surface area (Å²) in [4.78, 5) is 12.0. The second kappa shape index (κ2) is 2.45. The van der Waals surface area contributed by atoms with Gasteiger partial charge >= 0.3 is 0 Å². The largest absolute Gasteiger partial charge is 0.344 e. The van der Waals surface area contributed by atoms with Crippen molar-refractivity contribution in [3.05, 3.63) is 0 Å². The fraction of sp³-hybridized carbons (Fsp3) is 0.857. The third-order valence-corrected chi connectivity index (χ3v) is 3.91. The van der Waals surface area contributed by atoms with Gasteiger partial charge in [0.1, 0.15) is 0 Å². The predicted molar refractivity (Wildman–Crippen MR) is 46.5 cm³/mol. The van der Waals surface area contributed by atoms with Crippen molar-refractivity contribution in [2.24, 2.45) is 5.41 Å².